The highest BCUT2D eigenvalue weighted by molar-refractivity contribution is 7.70. The quantitative estimate of drug-likeness (QED) is 0.714. The lowest BCUT2D eigenvalue weighted by Gasteiger charge is -2.06. The summed E-state index contributed by atoms with van der Waals surface area (Å²) in [5.41, 5.74) is 3.24. The lowest BCUT2D eigenvalue weighted by molar-refractivity contribution is 0.597. The Hall–Kier alpha value is -2.32. The average Bonchev–Trinajstić information content (AvgIpc) is 2.88. The first-order valence-corrected chi connectivity index (χ1v) is 7.71. The van der Waals surface area contributed by atoms with Gasteiger partial charge in [-0.05, 0) is 42.3 Å². The number of hydrogen-bond donors (Lipinski definition) is 2. The largest absolute Gasteiger partial charge is 0.216 e. The fourth-order valence-electron chi connectivity index (χ4n) is 2.20. The number of benzene rings is 2. The van der Waals surface area contributed by atoms with Gasteiger partial charge in [-0.3, -0.25) is 0 Å². The van der Waals surface area contributed by atoms with Crippen molar-refractivity contribution < 1.29 is 12.8 Å². The number of fused-ring (bicyclic) bond motifs is 1. The number of aryl methyl sites for hydroxylation is 1. The van der Waals surface area contributed by atoms with Gasteiger partial charge in [0.25, 0.3) is 0 Å². The van der Waals surface area contributed by atoms with Gasteiger partial charge in [0.1, 0.15) is 17.0 Å². The second-order valence-electron chi connectivity index (χ2n) is 4.87. The number of halogens is 1. The number of hydrogen-bond acceptors (Lipinski definition) is 4. The molecule has 0 aliphatic carbocycles. The van der Waals surface area contributed by atoms with Crippen molar-refractivity contribution in [1.82, 2.24) is 19.7 Å². The van der Waals surface area contributed by atoms with Crippen molar-refractivity contribution in [3.8, 4) is 5.69 Å². The first-order chi connectivity index (χ1) is 10.5. The molecule has 0 saturated heterocycles. The van der Waals surface area contributed by atoms with Crippen LogP contribution in [-0.2, 0) is 17.4 Å². The monoisotopic (exact) mass is 320 g/mol. The summed E-state index contributed by atoms with van der Waals surface area (Å²) in [7, 11) is -2.70. The molecule has 1 heterocycles. The molecule has 0 fully saturated rings. The van der Waals surface area contributed by atoms with E-state index in [0.29, 0.717) is 16.6 Å². The Morgan fingerprint density at radius 3 is 2.77 bits per heavy atom. The van der Waals surface area contributed by atoms with Crippen molar-refractivity contribution in [3.63, 3.8) is 0 Å². The third kappa shape index (κ3) is 2.83. The van der Waals surface area contributed by atoms with Crippen LogP contribution in [0.25, 0.3) is 16.7 Å². The van der Waals surface area contributed by atoms with Crippen molar-refractivity contribution in [3.05, 3.63) is 53.3 Å². The molecule has 0 spiro atoms. The molecular formula is C14H13FN4O2S. The molecule has 0 aliphatic heterocycles. The van der Waals surface area contributed by atoms with Gasteiger partial charge in [-0.1, -0.05) is 17.3 Å². The summed E-state index contributed by atoms with van der Waals surface area (Å²) in [5, 5.41) is 8.02. The van der Waals surface area contributed by atoms with Crippen LogP contribution in [0.3, 0.4) is 0 Å². The Morgan fingerprint density at radius 2 is 2.05 bits per heavy atom. The van der Waals surface area contributed by atoms with E-state index in [2.05, 4.69) is 15.0 Å². The predicted molar refractivity (Wildman–Crippen MR) is 80.7 cm³/mol. The molecule has 0 unspecified atom stereocenters. The maximum Gasteiger partial charge on any atom is 0.201 e. The van der Waals surface area contributed by atoms with E-state index in [0.717, 1.165) is 5.56 Å². The summed E-state index contributed by atoms with van der Waals surface area (Å²) in [6.07, 6.45) is 0. The summed E-state index contributed by atoms with van der Waals surface area (Å²) in [6.45, 7) is 1.99. The third-order valence-corrected chi connectivity index (χ3v) is 3.67. The molecule has 1 N–H and O–H groups in total. The third-order valence-electron chi connectivity index (χ3n) is 3.25. The molecule has 22 heavy (non-hydrogen) atoms. The summed E-state index contributed by atoms with van der Waals surface area (Å²) in [5.74, 6) is -0.493. The fraction of sp³-hybridized carbons (Fsp3) is 0.143. The second-order valence-corrected chi connectivity index (χ2v) is 5.70. The van der Waals surface area contributed by atoms with Gasteiger partial charge in [-0.2, -0.15) is 0 Å². The Labute approximate surface area is 127 Å². The van der Waals surface area contributed by atoms with Crippen molar-refractivity contribution >= 4 is 21.9 Å². The fourth-order valence-corrected chi connectivity index (χ4v) is 2.51. The highest BCUT2D eigenvalue weighted by atomic mass is 32.2. The Morgan fingerprint density at radius 1 is 1.23 bits per heavy atom. The lowest BCUT2D eigenvalue weighted by atomic mass is 10.2. The highest BCUT2D eigenvalue weighted by Crippen LogP contribution is 2.20. The highest BCUT2D eigenvalue weighted by Gasteiger charge is 2.11. The maximum atomic E-state index is 14.3. The van der Waals surface area contributed by atoms with Crippen LogP contribution in [-0.4, -0.2) is 23.4 Å². The molecular weight excluding hydrogens is 307 g/mol. The lowest BCUT2D eigenvalue weighted by Crippen LogP contribution is -2.11. The number of thiol groups is 1. The molecule has 0 radical (unpaired) electrons. The maximum absolute atomic E-state index is 14.3. The number of rotatable bonds is 4. The normalized spacial score (nSPS) is 11.4. The van der Waals surface area contributed by atoms with Crippen LogP contribution in [0.5, 0.6) is 0 Å². The topological polar surface area (TPSA) is 76.9 Å². The van der Waals surface area contributed by atoms with Crippen molar-refractivity contribution in [2.24, 2.45) is 0 Å². The molecule has 0 atom stereocenters. The minimum absolute atomic E-state index is 0.0488. The molecule has 3 aromatic rings. The molecule has 1 aromatic heterocycles. The van der Waals surface area contributed by atoms with Crippen molar-refractivity contribution in [2.45, 2.75) is 13.5 Å². The van der Waals surface area contributed by atoms with Gasteiger partial charge in [-0.25, -0.2) is 22.2 Å². The minimum atomic E-state index is -2.70. The van der Waals surface area contributed by atoms with E-state index in [1.165, 1.54) is 10.7 Å². The van der Waals surface area contributed by atoms with Gasteiger partial charge < -0.3 is 0 Å². The number of nitrogens with zero attached hydrogens (tertiary/aromatic N) is 3. The number of aromatic nitrogens is 3. The van der Waals surface area contributed by atoms with E-state index in [9.17, 15) is 12.8 Å². The van der Waals surface area contributed by atoms with Crippen LogP contribution in [0, 0.1) is 12.7 Å². The zero-order chi connectivity index (χ0) is 15.7. The molecule has 0 bridgehead atoms. The van der Waals surface area contributed by atoms with E-state index in [4.69, 9.17) is 0 Å². The van der Waals surface area contributed by atoms with E-state index < -0.39 is 16.7 Å². The van der Waals surface area contributed by atoms with Crippen LogP contribution in [0.15, 0.2) is 36.4 Å². The summed E-state index contributed by atoms with van der Waals surface area (Å²) in [4.78, 5) is 0. The summed E-state index contributed by atoms with van der Waals surface area (Å²) < 4.78 is 38.9. The molecule has 6 nitrogen and oxygen atoms in total. The molecule has 0 saturated carbocycles. The van der Waals surface area contributed by atoms with Gasteiger partial charge in [0.05, 0.1) is 5.52 Å². The number of nitrogens with one attached hydrogen (secondary N) is 1. The summed E-state index contributed by atoms with van der Waals surface area (Å²) in [6, 6.07) is 10.1. The SMILES string of the molecule is Cc1ccc2c(c1)nnn2-c1ccc(CN[SH](=O)=O)cc1F. The molecule has 0 aliphatic rings. The smallest absolute Gasteiger partial charge is 0.201 e. The van der Waals surface area contributed by atoms with Crippen molar-refractivity contribution in [2.75, 3.05) is 0 Å². The van der Waals surface area contributed by atoms with Gasteiger partial charge in [0, 0.05) is 6.54 Å². The van der Waals surface area contributed by atoms with E-state index in [1.807, 2.05) is 25.1 Å². The average molecular weight is 320 g/mol. The van der Waals surface area contributed by atoms with Gasteiger partial charge in [-0.15, -0.1) is 5.10 Å². The molecule has 3 rings (SSSR count). The molecule has 0 amide bonds. The zero-order valence-electron chi connectivity index (χ0n) is 11.7. The standard InChI is InChI=1S/C14H13FN4O2S/c1-9-2-4-14-12(6-9)17-18-19(14)13-5-3-10(7-11(13)15)8-16-22(20)21/h2-7,22H,8H2,1H3,(H,16,20,21). The van der Waals surface area contributed by atoms with Crippen molar-refractivity contribution in [1.29, 1.82) is 0 Å². The van der Waals surface area contributed by atoms with Crippen LogP contribution < -0.4 is 4.72 Å². The second kappa shape index (κ2) is 5.82. The zero-order valence-corrected chi connectivity index (χ0v) is 12.5. The Kier molecular flexibility index (Phi) is 3.86. The minimum Gasteiger partial charge on any atom is -0.216 e. The van der Waals surface area contributed by atoms with E-state index in [1.54, 1.807) is 12.1 Å². The van der Waals surface area contributed by atoms with Crippen LogP contribution in [0.1, 0.15) is 11.1 Å². The van der Waals surface area contributed by atoms with Gasteiger partial charge in [0.2, 0.25) is 10.9 Å². The van der Waals surface area contributed by atoms with Gasteiger partial charge >= 0.3 is 0 Å². The predicted octanol–water partition coefficient (Wildman–Crippen LogP) is 1.48. The van der Waals surface area contributed by atoms with Gasteiger partial charge in [0.15, 0.2) is 0 Å². The first-order valence-electron chi connectivity index (χ1n) is 6.53. The van der Waals surface area contributed by atoms with Crippen LogP contribution in [0.2, 0.25) is 0 Å². The molecule has 2 aromatic carbocycles. The summed E-state index contributed by atoms with van der Waals surface area (Å²) >= 11 is 0. The van der Waals surface area contributed by atoms with Crippen LogP contribution in [0.4, 0.5) is 4.39 Å². The first kappa shape index (κ1) is 14.6. The van der Waals surface area contributed by atoms with E-state index in [-0.39, 0.29) is 12.2 Å². The van der Waals surface area contributed by atoms with Crippen LogP contribution >= 0.6 is 0 Å². The Balaban J connectivity index is 2.00. The molecule has 114 valence electrons. The Bertz CT molecular complexity index is 912. The molecule has 8 heteroatoms. The van der Waals surface area contributed by atoms with E-state index >= 15 is 0 Å².